The fraction of sp³-hybridized carbons (Fsp3) is 0.118. The van der Waals surface area contributed by atoms with Crippen molar-refractivity contribution < 1.29 is 9.53 Å². The second kappa shape index (κ2) is 7.10. The Hall–Kier alpha value is -2.93. The number of nitrogens with one attached hydrogen (secondary N) is 2. The first kappa shape index (κ1) is 15.9. The van der Waals surface area contributed by atoms with Crippen molar-refractivity contribution in [2.75, 3.05) is 17.7 Å². The van der Waals surface area contributed by atoms with Crippen LogP contribution in [0.5, 0.6) is 5.75 Å². The van der Waals surface area contributed by atoms with Crippen molar-refractivity contribution in [3.8, 4) is 5.75 Å². The average Bonchev–Trinajstić information content (AvgIpc) is 3.05. The molecule has 1 amide bonds. The van der Waals surface area contributed by atoms with Crippen LogP contribution in [-0.2, 0) is 0 Å². The van der Waals surface area contributed by atoms with Crippen molar-refractivity contribution in [1.29, 1.82) is 0 Å². The van der Waals surface area contributed by atoms with Crippen LogP contribution in [0.4, 0.5) is 16.5 Å². The Labute approximate surface area is 143 Å². The van der Waals surface area contributed by atoms with Crippen molar-refractivity contribution in [2.45, 2.75) is 6.92 Å². The van der Waals surface area contributed by atoms with Gasteiger partial charge in [-0.05, 0) is 36.8 Å². The van der Waals surface area contributed by atoms with Gasteiger partial charge in [-0.2, -0.15) is 0 Å². The Morgan fingerprint density at radius 1 is 1.29 bits per heavy atom. The Bertz CT molecular complexity index is 849. The minimum absolute atomic E-state index is 0.283. The highest BCUT2D eigenvalue weighted by Crippen LogP contribution is 2.26. The molecule has 0 saturated heterocycles. The summed E-state index contributed by atoms with van der Waals surface area (Å²) in [6.07, 6.45) is 3.39. The predicted molar refractivity (Wildman–Crippen MR) is 95.3 cm³/mol. The number of benzene rings is 1. The Balaban J connectivity index is 1.73. The molecular formula is C17H16N4O2S. The van der Waals surface area contributed by atoms with Gasteiger partial charge in [-0.15, -0.1) is 11.3 Å². The van der Waals surface area contributed by atoms with Crippen LogP contribution in [0.1, 0.15) is 16.1 Å². The fourth-order valence-electron chi connectivity index (χ4n) is 2.10. The van der Waals surface area contributed by atoms with Gasteiger partial charge in [-0.25, -0.2) is 4.98 Å². The number of thiazole rings is 1. The van der Waals surface area contributed by atoms with Crippen LogP contribution in [0.25, 0.3) is 0 Å². The minimum Gasteiger partial charge on any atom is -0.495 e. The van der Waals surface area contributed by atoms with Gasteiger partial charge in [0.1, 0.15) is 11.4 Å². The number of nitrogens with zero attached hydrogens (tertiary/aromatic N) is 2. The summed E-state index contributed by atoms with van der Waals surface area (Å²) < 4.78 is 5.27. The number of hydrogen-bond donors (Lipinski definition) is 2. The molecule has 3 rings (SSSR count). The van der Waals surface area contributed by atoms with Crippen LogP contribution in [0.15, 0.2) is 48.1 Å². The zero-order valence-electron chi connectivity index (χ0n) is 13.2. The molecule has 0 saturated carbocycles. The highest BCUT2D eigenvalue weighted by Gasteiger charge is 2.13. The topological polar surface area (TPSA) is 76.1 Å². The molecule has 24 heavy (non-hydrogen) atoms. The number of hydrogen-bond acceptors (Lipinski definition) is 6. The van der Waals surface area contributed by atoms with Crippen LogP contribution >= 0.6 is 11.3 Å². The van der Waals surface area contributed by atoms with E-state index in [0.717, 1.165) is 11.3 Å². The van der Waals surface area contributed by atoms with Gasteiger partial charge in [-0.3, -0.25) is 9.78 Å². The smallest absolute Gasteiger partial charge is 0.275 e. The lowest BCUT2D eigenvalue weighted by molar-refractivity contribution is 0.102. The van der Waals surface area contributed by atoms with Gasteiger partial charge in [0.15, 0.2) is 5.13 Å². The molecule has 2 aromatic heterocycles. The Kier molecular flexibility index (Phi) is 4.72. The Morgan fingerprint density at radius 3 is 2.92 bits per heavy atom. The monoisotopic (exact) mass is 340 g/mol. The highest BCUT2D eigenvalue weighted by atomic mass is 32.1. The molecule has 0 spiro atoms. The summed E-state index contributed by atoms with van der Waals surface area (Å²) in [5.74, 6) is 0.326. The van der Waals surface area contributed by atoms with E-state index in [2.05, 4.69) is 20.6 Å². The van der Waals surface area contributed by atoms with E-state index in [1.807, 2.05) is 37.3 Å². The van der Waals surface area contributed by atoms with Gasteiger partial charge in [0.25, 0.3) is 5.91 Å². The average molecular weight is 340 g/mol. The molecule has 0 aliphatic heterocycles. The summed E-state index contributed by atoms with van der Waals surface area (Å²) in [5.41, 5.74) is 2.81. The quantitative estimate of drug-likeness (QED) is 0.738. The van der Waals surface area contributed by atoms with E-state index in [4.69, 9.17) is 4.74 Å². The number of anilines is 3. The maximum absolute atomic E-state index is 12.4. The van der Waals surface area contributed by atoms with Crippen molar-refractivity contribution >= 4 is 33.8 Å². The number of aryl methyl sites for hydroxylation is 1. The third-order valence-corrected chi connectivity index (χ3v) is 4.01. The molecule has 2 N–H and O–H groups in total. The number of ether oxygens (including phenoxy) is 1. The van der Waals surface area contributed by atoms with Crippen LogP contribution in [0.2, 0.25) is 0 Å². The van der Waals surface area contributed by atoms with E-state index < -0.39 is 0 Å². The van der Waals surface area contributed by atoms with Gasteiger partial charge in [0.2, 0.25) is 0 Å². The standard InChI is InChI=1S/C17H16N4O2S/c1-11-5-6-15(23-2)13(8-11)20-16(22)14-10-24-17(21-14)19-12-4-3-7-18-9-12/h3-10H,1-2H3,(H,19,21)(H,20,22). The molecule has 1 aromatic carbocycles. The number of amides is 1. The normalized spacial score (nSPS) is 10.2. The van der Waals surface area contributed by atoms with Crippen molar-refractivity contribution in [3.05, 3.63) is 59.4 Å². The van der Waals surface area contributed by atoms with Crippen LogP contribution in [-0.4, -0.2) is 23.0 Å². The number of pyridine rings is 1. The largest absolute Gasteiger partial charge is 0.495 e. The maximum Gasteiger partial charge on any atom is 0.275 e. The molecule has 6 nitrogen and oxygen atoms in total. The first-order chi connectivity index (χ1) is 11.7. The summed E-state index contributed by atoms with van der Waals surface area (Å²) in [6.45, 7) is 1.95. The lowest BCUT2D eigenvalue weighted by Gasteiger charge is -2.10. The van der Waals surface area contributed by atoms with Crippen molar-refractivity contribution in [1.82, 2.24) is 9.97 Å². The molecular weight excluding hydrogens is 324 g/mol. The second-order valence-corrected chi connectivity index (χ2v) is 5.92. The SMILES string of the molecule is COc1ccc(C)cc1NC(=O)c1csc(Nc2cccnc2)n1. The van der Waals surface area contributed by atoms with Gasteiger partial charge in [0.05, 0.1) is 24.7 Å². The molecule has 0 fully saturated rings. The summed E-state index contributed by atoms with van der Waals surface area (Å²) in [6, 6.07) is 9.31. The fourth-order valence-corrected chi connectivity index (χ4v) is 2.81. The molecule has 7 heteroatoms. The molecule has 3 aromatic rings. The van der Waals surface area contributed by atoms with E-state index in [0.29, 0.717) is 22.3 Å². The van der Waals surface area contributed by atoms with E-state index >= 15 is 0 Å². The zero-order chi connectivity index (χ0) is 16.9. The van der Waals surface area contributed by atoms with Crippen molar-refractivity contribution in [2.24, 2.45) is 0 Å². The van der Waals surface area contributed by atoms with E-state index in [-0.39, 0.29) is 5.91 Å². The zero-order valence-corrected chi connectivity index (χ0v) is 14.1. The molecule has 0 unspecified atom stereocenters. The molecule has 0 aliphatic carbocycles. The van der Waals surface area contributed by atoms with Gasteiger partial charge >= 0.3 is 0 Å². The van der Waals surface area contributed by atoms with E-state index in [1.54, 1.807) is 24.9 Å². The molecule has 2 heterocycles. The predicted octanol–water partition coefficient (Wildman–Crippen LogP) is 3.85. The number of rotatable bonds is 5. The molecule has 0 radical (unpaired) electrons. The van der Waals surface area contributed by atoms with E-state index in [1.165, 1.54) is 11.3 Å². The lowest BCUT2D eigenvalue weighted by atomic mass is 10.2. The third kappa shape index (κ3) is 3.69. The first-order valence-corrected chi connectivity index (χ1v) is 8.12. The van der Waals surface area contributed by atoms with Crippen LogP contribution in [0, 0.1) is 6.92 Å². The van der Waals surface area contributed by atoms with E-state index in [9.17, 15) is 4.79 Å². The number of carbonyl (C=O) groups excluding carboxylic acids is 1. The van der Waals surface area contributed by atoms with Gasteiger partial charge in [-0.1, -0.05) is 6.07 Å². The van der Waals surface area contributed by atoms with Crippen LogP contribution in [0.3, 0.4) is 0 Å². The summed E-state index contributed by atoms with van der Waals surface area (Å²) >= 11 is 1.35. The maximum atomic E-state index is 12.4. The third-order valence-electron chi connectivity index (χ3n) is 3.25. The molecule has 122 valence electrons. The second-order valence-electron chi connectivity index (χ2n) is 5.06. The molecule has 0 bridgehead atoms. The van der Waals surface area contributed by atoms with Gasteiger partial charge < -0.3 is 15.4 Å². The summed E-state index contributed by atoms with van der Waals surface area (Å²) in [4.78, 5) is 20.7. The van der Waals surface area contributed by atoms with Crippen molar-refractivity contribution in [3.63, 3.8) is 0 Å². The van der Waals surface area contributed by atoms with Crippen LogP contribution < -0.4 is 15.4 Å². The number of aromatic nitrogens is 2. The first-order valence-electron chi connectivity index (χ1n) is 7.24. The number of carbonyl (C=O) groups is 1. The highest BCUT2D eigenvalue weighted by molar-refractivity contribution is 7.14. The minimum atomic E-state index is -0.283. The molecule has 0 atom stereocenters. The van der Waals surface area contributed by atoms with Gasteiger partial charge in [0, 0.05) is 11.6 Å². The Morgan fingerprint density at radius 2 is 2.17 bits per heavy atom. The number of methoxy groups -OCH3 is 1. The summed E-state index contributed by atoms with van der Waals surface area (Å²) in [7, 11) is 1.57. The lowest BCUT2D eigenvalue weighted by Crippen LogP contribution is -2.13. The molecule has 0 aliphatic rings. The summed E-state index contributed by atoms with van der Waals surface area (Å²) in [5, 5.41) is 8.28.